The van der Waals surface area contributed by atoms with Gasteiger partial charge in [-0.25, -0.2) is 13.6 Å². The van der Waals surface area contributed by atoms with Gasteiger partial charge in [0.2, 0.25) is 0 Å². The van der Waals surface area contributed by atoms with Crippen LogP contribution < -0.4 is 11.1 Å². The second-order valence-electron chi connectivity index (χ2n) is 8.08. The molecule has 1 fully saturated rings. The number of carbonyl (C=O) groups is 1. The predicted molar refractivity (Wildman–Crippen MR) is 104 cm³/mol. The van der Waals surface area contributed by atoms with E-state index in [2.05, 4.69) is 5.32 Å². The van der Waals surface area contributed by atoms with E-state index in [4.69, 9.17) is 15.5 Å². The summed E-state index contributed by atoms with van der Waals surface area (Å²) in [6.07, 6.45) is 2.83. The van der Waals surface area contributed by atoms with Crippen LogP contribution in [0.5, 0.6) is 0 Å². The van der Waals surface area contributed by atoms with Crippen molar-refractivity contribution in [3.8, 4) is 0 Å². The summed E-state index contributed by atoms with van der Waals surface area (Å²) >= 11 is 1.42. The maximum absolute atomic E-state index is 14.7. The monoisotopic (exact) mass is 397 g/mol. The normalized spacial score (nSPS) is 25.4. The van der Waals surface area contributed by atoms with Crippen LogP contribution in [0.1, 0.15) is 52.0 Å². The molecule has 8 heteroatoms. The summed E-state index contributed by atoms with van der Waals surface area (Å²) in [6.45, 7) is 5.33. The van der Waals surface area contributed by atoms with Gasteiger partial charge in [0.1, 0.15) is 17.2 Å². The highest BCUT2D eigenvalue weighted by Crippen LogP contribution is 2.50. The number of amides is 1. The van der Waals surface area contributed by atoms with Crippen LogP contribution in [0.3, 0.4) is 0 Å². The van der Waals surface area contributed by atoms with E-state index in [9.17, 15) is 13.6 Å². The number of amidine groups is 1. The van der Waals surface area contributed by atoms with Crippen LogP contribution >= 0.6 is 11.8 Å². The van der Waals surface area contributed by atoms with Crippen LogP contribution in [0.2, 0.25) is 0 Å². The lowest BCUT2D eigenvalue weighted by Gasteiger charge is -2.44. The molecular weight excluding hydrogens is 372 g/mol. The minimum absolute atomic E-state index is 0.0970. The number of nitrogens with zero attached hydrogens (tertiary/aromatic N) is 1. The Labute approximate surface area is 162 Å². The van der Waals surface area contributed by atoms with E-state index in [0.29, 0.717) is 22.9 Å². The Hall–Kier alpha value is -1.83. The summed E-state index contributed by atoms with van der Waals surface area (Å²) in [5.41, 5.74) is 4.44. The van der Waals surface area contributed by atoms with Crippen molar-refractivity contribution < 1.29 is 18.3 Å². The fraction of sp³-hybridized carbons (Fsp3) is 0.579. The van der Waals surface area contributed by atoms with Crippen molar-refractivity contribution in [2.45, 2.75) is 57.6 Å². The Morgan fingerprint density at radius 3 is 2.78 bits per heavy atom. The lowest BCUT2D eigenvalue weighted by atomic mass is 9.69. The van der Waals surface area contributed by atoms with Crippen LogP contribution in [-0.4, -0.2) is 22.6 Å². The van der Waals surface area contributed by atoms with E-state index in [1.54, 1.807) is 20.8 Å². The van der Waals surface area contributed by atoms with E-state index in [1.807, 2.05) is 0 Å². The number of alkyl carbamates (subject to hydrolysis) is 1. The van der Waals surface area contributed by atoms with Gasteiger partial charge in [0.05, 0.1) is 11.2 Å². The molecule has 3 rings (SSSR count). The van der Waals surface area contributed by atoms with Crippen LogP contribution in [0, 0.1) is 17.6 Å². The quantitative estimate of drug-likeness (QED) is 0.681. The summed E-state index contributed by atoms with van der Waals surface area (Å²) in [4.78, 5) is 16.9. The number of halogens is 2. The van der Waals surface area contributed by atoms with Crippen molar-refractivity contribution in [3.63, 3.8) is 0 Å². The first-order valence-corrected chi connectivity index (χ1v) is 10.1. The highest BCUT2D eigenvalue weighted by molar-refractivity contribution is 8.13. The number of nitrogens with two attached hydrogens (primary N) is 1. The molecule has 0 bridgehead atoms. The minimum atomic E-state index is -0.847. The molecule has 1 heterocycles. The topological polar surface area (TPSA) is 76.7 Å². The molecule has 2 atom stereocenters. The zero-order valence-corrected chi connectivity index (χ0v) is 16.6. The minimum Gasteiger partial charge on any atom is -0.444 e. The number of hydrogen-bond donors (Lipinski definition) is 2. The molecule has 0 radical (unpaired) electrons. The molecule has 0 saturated heterocycles. The molecule has 0 spiro atoms. The van der Waals surface area contributed by atoms with E-state index in [0.717, 1.165) is 25.3 Å². The SMILES string of the molecule is CC(C)(C)OC(=O)NC1=N[C@@]2(c3cc(N)c(F)cc3F)CCCC[C@H]2CS1. The fourth-order valence-corrected chi connectivity index (χ4v) is 4.94. The molecule has 27 heavy (non-hydrogen) atoms. The number of benzene rings is 1. The average molecular weight is 397 g/mol. The fourth-order valence-electron chi connectivity index (χ4n) is 3.76. The third kappa shape index (κ3) is 4.20. The van der Waals surface area contributed by atoms with E-state index < -0.39 is 28.9 Å². The molecule has 1 aliphatic carbocycles. The molecule has 148 valence electrons. The van der Waals surface area contributed by atoms with Gasteiger partial charge in [-0.1, -0.05) is 24.6 Å². The molecule has 0 aromatic heterocycles. The Kier molecular flexibility index (Phi) is 5.38. The number of thioether (sulfide) groups is 1. The largest absolute Gasteiger partial charge is 0.444 e. The maximum Gasteiger partial charge on any atom is 0.413 e. The predicted octanol–water partition coefficient (Wildman–Crippen LogP) is 4.56. The number of nitrogen functional groups attached to an aromatic ring is 1. The molecule has 1 amide bonds. The molecule has 3 N–H and O–H groups in total. The number of carbonyl (C=O) groups excluding carboxylic acids is 1. The Balaban J connectivity index is 1.98. The zero-order valence-electron chi connectivity index (χ0n) is 15.8. The van der Waals surface area contributed by atoms with Crippen LogP contribution in [0.15, 0.2) is 17.1 Å². The number of hydrogen-bond acceptors (Lipinski definition) is 5. The van der Waals surface area contributed by atoms with Gasteiger partial charge in [0.25, 0.3) is 0 Å². The van der Waals surface area contributed by atoms with E-state index >= 15 is 0 Å². The summed E-state index contributed by atoms with van der Waals surface area (Å²) in [5, 5.41) is 3.07. The van der Waals surface area contributed by atoms with Crippen molar-refractivity contribution in [1.82, 2.24) is 5.32 Å². The lowest BCUT2D eigenvalue weighted by molar-refractivity contribution is 0.0563. The second-order valence-corrected chi connectivity index (χ2v) is 9.08. The molecule has 0 unspecified atom stereocenters. The smallest absolute Gasteiger partial charge is 0.413 e. The molecule has 1 aromatic carbocycles. The number of rotatable bonds is 1. The third-order valence-electron chi connectivity index (χ3n) is 4.92. The molecule has 1 aliphatic heterocycles. The summed E-state index contributed by atoms with van der Waals surface area (Å²) in [6, 6.07) is 2.18. The van der Waals surface area contributed by atoms with E-state index in [1.165, 1.54) is 17.8 Å². The standard InChI is InChI=1S/C19H25F2N3O2S/c1-18(2,3)26-17(25)23-16-24-19(7-5-4-6-11(19)10-27-16)12-8-15(22)14(21)9-13(12)20/h8-9,11H,4-7,10,22H2,1-3H3,(H,23,24,25)/t11-,19-/m0/s1. The first kappa shape index (κ1) is 19.9. The summed E-state index contributed by atoms with van der Waals surface area (Å²) < 4.78 is 33.7. The van der Waals surface area contributed by atoms with Gasteiger partial charge in [-0.15, -0.1) is 0 Å². The van der Waals surface area contributed by atoms with Gasteiger partial charge >= 0.3 is 6.09 Å². The van der Waals surface area contributed by atoms with Crippen LogP contribution in [0.4, 0.5) is 19.3 Å². The Bertz CT molecular complexity index is 779. The second kappa shape index (κ2) is 7.30. The summed E-state index contributed by atoms with van der Waals surface area (Å²) in [5.74, 6) is -0.646. The maximum atomic E-state index is 14.7. The van der Waals surface area contributed by atoms with Gasteiger partial charge in [0.15, 0.2) is 5.17 Å². The molecule has 2 aliphatic rings. The van der Waals surface area contributed by atoms with Gasteiger partial charge in [-0.2, -0.15) is 0 Å². The number of aliphatic imine (C=N–C) groups is 1. The molecule has 5 nitrogen and oxygen atoms in total. The first-order valence-electron chi connectivity index (χ1n) is 9.08. The molecular formula is C19H25F2N3O2S. The van der Waals surface area contributed by atoms with Gasteiger partial charge in [0, 0.05) is 17.4 Å². The number of anilines is 1. The van der Waals surface area contributed by atoms with Gasteiger partial charge in [-0.05, 0) is 45.6 Å². The highest BCUT2D eigenvalue weighted by Gasteiger charge is 2.47. The van der Waals surface area contributed by atoms with Crippen molar-refractivity contribution in [2.75, 3.05) is 11.5 Å². The summed E-state index contributed by atoms with van der Waals surface area (Å²) in [7, 11) is 0. The molecule has 1 aromatic rings. The zero-order chi connectivity index (χ0) is 19.8. The average Bonchev–Trinajstić information content (AvgIpc) is 2.56. The Morgan fingerprint density at radius 1 is 1.33 bits per heavy atom. The number of nitrogens with one attached hydrogen (secondary N) is 1. The number of ether oxygens (including phenoxy) is 1. The lowest BCUT2D eigenvalue weighted by Crippen LogP contribution is -2.45. The van der Waals surface area contributed by atoms with Crippen molar-refractivity contribution >= 4 is 28.7 Å². The van der Waals surface area contributed by atoms with Crippen molar-refractivity contribution in [1.29, 1.82) is 0 Å². The Morgan fingerprint density at radius 2 is 2.07 bits per heavy atom. The highest BCUT2D eigenvalue weighted by atomic mass is 32.2. The molecule has 1 saturated carbocycles. The van der Waals surface area contributed by atoms with E-state index in [-0.39, 0.29) is 11.6 Å². The van der Waals surface area contributed by atoms with Crippen LogP contribution in [-0.2, 0) is 10.3 Å². The third-order valence-corrected chi connectivity index (χ3v) is 5.95. The van der Waals surface area contributed by atoms with Crippen molar-refractivity contribution in [3.05, 3.63) is 29.3 Å². The first-order chi connectivity index (χ1) is 12.6. The number of fused-ring (bicyclic) bond motifs is 1. The van der Waals surface area contributed by atoms with Gasteiger partial charge in [-0.3, -0.25) is 10.3 Å². The van der Waals surface area contributed by atoms with Crippen LogP contribution in [0.25, 0.3) is 0 Å². The van der Waals surface area contributed by atoms with Gasteiger partial charge < -0.3 is 10.5 Å². The van der Waals surface area contributed by atoms with Crippen molar-refractivity contribution in [2.24, 2.45) is 10.9 Å².